The number of amides is 2. The Morgan fingerprint density at radius 2 is 1.77 bits per heavy atom. The van der Waals surface area contributed by atoms with Crippen LogP contribution in [-0.2, 0) is 19.0 Å². The Labute approximate surface area is 180 Å². The van der Waals surface area contributed by atoms with Gasteiger partial charge in [0.1, 0.15) is 0 Å². The van der Waals surface area contributed by atoms with Crippen molar-refractivity contribution in [2.45, 2.75) is 83.5 Å². The first kappa shape index (κ1) is 23.1. The predicted molar refractivity (Wildman–Crippen MR) is 114 cm³/mol. The number of nitrogens with zero attached hydrogens (tertiary/aromatic N) is 1. The van der Waals surface area contributed by atoms with Crippen molar-refractivity contribution < 1.29 is 23.8 Å². The molecule has 170 valence electrons. The average Bonchev–Trinajstić information content (AvgIpc) is 2.76. The van der Waals surface area contributed by atoms with E-state index in [-0.39, 0.29) is 36.2 Å². The van der Waals surface area contributed by atoms with Crippen LogP contribution >= 0.6 is 0 Å². The molecule has 0 saturated heterocycles. The van der Waals surface area contributed by atoms with Crippen molar-refractivity contribution >= 4 is 12.0 Å². The number of carbonyl (C=O) groups excluding carboxylic acids is 2. The number of ether oxygens (including phenoxy) is 3. The summed E-state index contributed by atoms with van der Waals surface area (Å²) in [6.45, 7) is 4.70. The molecule has 3 aliphatic rings. The third-order valence-corrected chi connectivity index (χ3v) is 7.14. The van der Waals surface area contributed by atoms with Crippen LogP contribution in [-0.4, -0.2) is 62.5 Å². The first-order chi connectivity index (χ1) is 14.5. The second kappa shape index (κ2) is 10.6. The molecule has 1 aliphatic heterocycles. The topological polar surface area (TPSA) is 77.1 Å². The molecule has 7 nitrogen and oxygen atoms in total. The Morgan fingerprint density at radius 1 is 1.07 bits per heavy atom. The predicted octanol–water partition coefficient (Wildman–Crippen LogP) is 3.63. The minimum absolute atomic E-state index is 0.0458. The van der Waals surface area contributed by atoms with Gasteiger partial charge in [-0.15, -0.1) is 0 Å². The van der Waals surface area contributed by atoms with Crippen LogP contribution in [0.15, 0.2) is 11.3 Å². The van der Waals surface area contributed by atoms with Gasteiger partial charge >= 0.3 is 12.0 Å². The maximum Gasteiger partial charge on any atom is 0.337 e. The Morgan fingerprint density at radius 3 is 2.40 bits per heavy atom. The molecule has 2 amide bonds. The number of esters is 1. The fourth-order valence-electron chi connectivity index (χ4n) is 5.44. The van der Waals surface area contributed by atoms with Gasteiger partial charge in [-0.25, -0.2) is 9.59 Å². The first-order valence-electron chi connectivity index (χ1n) is 11.5. The summed E-state index contributed by atoms with van der Waals surface area (Å²) in [5.74, 6) is 0.280. The van der Waals surface area contributed by atoms with Crippen molar-refractivity contribution in [1.82, 2.24) is 10.2 Å². The number of hydrogen-bond acceptors (Lipinski definition) is 5. The SMILES string of the molecule is CCOC(=O)C1=C(C)N(CC2CCCCC2)C(=O)NC1C1CCC(OC)C(OC)C1. The zero-order valence-electron chi connectivity index (χ0n) is 18.9. The molecule has 2 fully saturated rings. The zero-order valence-corrected chi connectivity index (χ0v) is 18.9. The maximum atomic E-state index is 13.1. The van der Waals surface area contributed by atoms with Gasteiger partial charge in [-0.1, -0.05) is 19.3 Å². The quantitative estimate of drug-likeness (QED) is 0.634. The van der Waals surface area contributed by atoms with Gasteiger partial charge in [0, 0.05) is 26.5 Å². The van der Waals surface area contributed by atoms with E-state index >= 15 is 0 Å². The van der Waals surface area contributed by atoms with E-state index in [0.717, 1.165) is 37.8 Å². The van der Waals surface area contributed by atoms with Crippen LogP contribution in [0.5, 0.6) is 0 Å². The molecule has 0 aromatic rings. The smallest absolute Gasteiger partial charge is 0.337 e. The van der Waals surface area contributed by atoms with Crippen LogP contribution in [0.2, 0.25) is 0 Å². The molecule has 4 unspecified atom stereocenters. The summed E-state index contributed by atoms with van der Waals surface area (Å²) in [5, 5.41) is 3.15. The van der Waals surface area contributed by atoms with Crippen molar-refractivity contribution in [2.24, 2.45) is 11.8 Å². The lowest BCUT2D eigenvalue weighted by Crippen LogP contribution is -2.57. The van der Waals surface area contributed by atoms with Crippen molar-refractivity contribution in [2.75, 3.05) is 27.4 Å². The second-order valence-corrected chi connectivity index (χ2v) is 8.88. The minimum atomic E-state index is -0.352. The van der Waals surface area contributed by atoms with Gasteiger partial charge in [0.2, 0.25) is 0 Å². The fraction of sp³-hybridized carbons (Fsp3) is 0.826. The Bertz CT molecular complexity index is 644. The highest BCUT2D eigenvalue weighted by Gasteiger charge is 2.43. The summed E-state index contributed by atoms with van der Waals surface area (Å²) in [6.07, 6.45) is 8.44. The number of urea groups is 1. The molecule has 1 heterocycles. The van der Waals surface area contributed by atoms with Gasteiger partial charge in [0.15, 0.2) is 0 Å². The van der Waals surface area contributed by atoms with Crippen molar-refractivity contribution in [3.63, 3.8) is 0 Å². The number of carbonyl (C=O) groups is 2. The summed E-state index contributed by atoms with van der Waals surface area (Å²) in [6, 6.07) is -0.450. The lowest BCUT2D eigenvalue weighted by Gasteiger charge is -2.43. The van der Waals surface area contributed by atoms with Gasteiger partial charge in [-0.05, 0) is 57.8 Å². The first-order valence-corrected chi connectivity index (χ1v) is 11.5. The van der Waals surface area contributed by atoms with E-state index in [1.54, 1.807) is 19.1 Å². The highest BCUT2D eigenvalue weighted by atomic mass is 16.5. The number of allylic oxidation sites excluding steroid dienone is 1. The normalized spacial score (nSPS) is 30.9. The summed E-state index contributed by atoms with van der Waals surface area (Å²) in [4.78, 5) is 27.8. The number of rotatable bonds is 7. The molecular weight excluding hydrogens is 384 g/mol. The Kier molecular flexibility index (Phi) is 8.17. The molecule has 0 spiro atoms. The van der Waals surface area contributed by atoms with E-state index in [2.05, 4.69) is 5.32 Å². The van der Waals surface area contributed by atoms with Crippen molar-refractivity contribution in [1.29, 1.82) is 0 Å². The summed E-state index contributed by atoms with van der Waals surface area (Å²) in [7, 11) is 3.40. The van der Waals surface area contributed by atoms with Crippen molar-refractivity contribution in [3.8, 4) is 0 Å². The molecule has 4 atom stereocenters. The molecule has 0 aromatic heterocycles. The van der Waals surface area contributed by atoms with E-state index in [1.807, 2.05) is 13.8 Å². The maximum absolute atomic E-state index is 13.1. The van der Waals surface area contributed by atoms with E-state index < -0.39 is 0 Å². The number of hydrogen-bond donors (Lipinski definition) is 1. The van der Waals surface area contributed by atoms with Crippen molar-refractivity contribution in [3.05, 3.63) is 11.3 Å². The molecule has 3 rings (SSSR count). The lowest BCUT2D eigenvalue weighted by atomic mass is 9.77. The van der Waals surface area contributed by atoms with Crippen LogP contribution in [0.25, 0.3) is 0 Å². The van der Waals surface area contributed by atoms with Crippen LogP contribution in [0.4, 0.5) is 4.79 Å². The van der Waals surface area contributed by atoms with Gasteiger partial charge in [-0.3, -0.25) is 4.90 Å². The molecular formula is C23H38N2O5. The van der Waals surface area contributed by atoms with Crippen LogP contribution in [0, 0.1) is 11.8 Å². The highest BCUT2D eigenvalue weighted by Crippen LogP contribution is 2.36. The third-order valence-electron chi connectivity index (χ3n) is 7.14. The van der Waals surface area contributed by atoms with Gasteiger partial charge in [-0.2, -0.15) is 0 Å². The molecule has 2 aliphatic carbocycles. The van der Waals surface area contributed by atoms with Crippen LogP contribution < -0.4 is 5.32 Å². The van der Waals surface area contributed by atoms with Gasteiger partial charge in [0.05, 0.1) is 30.4 Å². The second-order valence-electron chi connectivity index (χ2n) is 8.88. The van der Waals surface area contributed by atoms with E-state index in [4.69, 9.17) is 14.2 Å². The molecule has 0 bridgehead atoms. The molecule has 1 N–H and O–H groups in total. The molecule has 30 heavy (non-hydrogen) atoms. The van der Waals surface area contributed by atoms with E-state index in [0.29, 0.717) is 24.6 Å². The molecule has 2 saturated carbocycles. The largest absolute Gasteiger partial charge is 0.463 e. The van der Waals surface area contributed by atoms with Crippen LogP contribution in [0.3, 0.4) is 0 Å². The van der Waals surface area contributed by atoms with E-state index in [9.17, 15) is 9.59 Å². The minimum Gasteiger partial charge on any atom is -0.463 e. The standard InChI is InChI=1S/C23H38N2O5/c1-5-30-22(26)20-15(2)25(14-16-9-7-6-8-10-16)23(27)24-21(20)17-11-12-18(28-3)19(13-17)29-4/h16-19,21H,5-14H2,1-4H3,(H,24,27). The van der Waals surface area contributed by atoms with Gasteiger partial charge < -0.3 is 19.5 Å². The summed E-state index contributed by atoms with van der Waals surface area (Å²) in [5.41, 5.74) is 1.35. The monoisotopic (exact) mass is 422 g/mol. The number of methoxy groups -OCH3 is 2. The summed E-state index contributed by atoms with van der Waals surface area (Å²) < 4.78 is 16.6. The zero-order chi connectivity index (χ0) is 21.7. The molecule has 0 aromatic carbocycles. The van der Waals surface area contributed by atoms with E-state index in [1.165, 1.54) is 19.3 Å². The molecule has 0 radical (unpaired) electrons. The highest BCUT2D eigenvalue weighted by molar-refractivity contribution is 5.94. The van der Waals surface area contributed by atoms with Crippen LogP contribution in [0.1, 0.15) is 65.2 Å². The fourth-order valence-corrected chi connectivity index (χ4v) is 5.44. The lowest BCUT2D eigenvalue weighted by molar-refractivity contribution is -0.139. The average molecular weight is 423 g/mol. The van der Waals surface area contributed by atoms with Gasteiger partial charge in [0.25, 0.3) is 0 Å². The summed E-state index contributed by atoms with van der Waals surface area (Å²) >= 11 is 0. The third kappa shape index (κ3) is 4.99. The Hall–Kier alpha value is -1.60. The molecule has 7 heteroatoms. The number of nitrogens with one attached hydrogen (secondary N) is 1. The Balaban J connectivity index is 1.85.